The minimum absolute atomic E-state index is 0.212. The van der Waals surface area contributed by atoms with Gasteiger partial charge in [-0.3, -0.25) is 15.1 Å². The van der Waals surface area contributed by atoms with Gasteiger partial charge in [0, 0.05) is 42.5 Å². The van der Waals surface area contributed by atoms with E-state index in [4.69, 9.17) is 10.7 Å². The average molecular weight is 371 g/mol. The van der Waals surface area contributed by atoms with E-state index in [0.29, 0.717) is 0 Å². The van der Waals surface area contributed by atoms with Crippen molar-refractivity contribution in [2.75, 3.05) is 18.0 Å². The Morgan fingerprint density at radius 2 is 2.11 bits per heavy atom. The minimum atomic E-state index is 0.212. The van der Waals surface area contributed by atoms with Gasteiger partial charge in [-0.15, -0.1) is 0 Å². The molecule has 0 amide bonds. The molecule has 5 heterocycles. The average Bonchev–Trinajstić information content (AvgIpc) is 3.35. The number of hydrogen-bond donors (Lipinski definition) is 2. The highest BCUT2D eigenvalue weighted by atomic mass is 15.2. The molecule has 1 aliphatic rings. The molecule has 0 spiro atoms. The highest BCUT2D eigenvalue weighted by Crippen LogP contribution is 2.30. The van der Waals surface area contributed by atoms with E-state index in [9.17, 15) is 0 Å². The predicted molar refractivity (Wildman–Crippen MR) is 110 cm³/mol. The van der Waals surface area contributed by atoms with Gasteiger partial charge in [0.25, 0.3) is 0 Å². The van der Waals surface area contributed by atoms with Gasteiger partial charge < -0.3 is 10.6 Å². The number of H-pyrrole nitrogens is 1. The van der Waals surface area contributed by atoms with E-state index in [1.165, 1.54) is 0 Å². The SMILES string of the molecule is Cc1ccc(-c2n[nH]c3cnc(-c4cccnc4)cc23)nc1N1CC[C@@H](N)C1. The van der Waals surface area contributed by atoms with Crippen LogP contribution in [0.25, 0.3) is 33.5 Å². The van der Waals surface area contributed by atoms with Crippen molar-refractivity contribution in [1.82, 2.24) is 25.1 Å². The highest BCUT2D eigenvalue weighted by molar-refractivity contribution is 5.93. The molecule has 1 aliphatic heterocycles. The van der Waals surface area contributed by atoms with Gasteiger partial charge in [0.15, 0.2) is 0 Å². The summed E-state index contributed by atoms with van der Waals surface area (Å²) in [7, 11) is 0. The molecule has 140 valence electrons. The van der Waals surface area contributed by atoms with Crippen LogP contribution in [0.4, 0.5) is 5.82 Å². The summed E-state index contributed by atoms with van der Waals surface area (Å²) in [6.07, 6.45) is 6.37. The van der Waals surface area contributed by atoms with Gasteiger partial charge >= 0.3 is 0 Å². The van der Waals surface area contributed by atoms with Crippen LogP contribution >= 0.6 is 0 Å². The van der Waals surface area contributed by atoms with E-state index in [2.05, 4.69) is 38.1 Å². The van der Waals surface area contributed by atoms with Crippen LogP contribution in [0.1, 0.15) is 12.0 Å². The van der Waals surface area contributed by atoms with Crippen molar-refractivity contribution < 1.29 is 0 Å². The van der Waals surface area contributed by atoms with Gasteiger partial charge in [0.2, 0.25) is 0 Å². The van der Waals surface area contributed by atoms with Crippen molar-refractivity contribution in [1.29, 1.82) is 0 Å². The monoisotopic (exact) mass is 371 g/mol. The van der Waals surface area contributed by atoms with E-state index >= 15 is 0 Å². The van der Waals surface area contributed by atoms with Gasteiger partial charge in [0.1, 0.15) is 11.5 Å². The largest absolute Gasteiger partial charge is 0.355 e. The third-order valence-corrected chi connectivity index (χ3v) is 5.24. The summed E-state index contributed by atoms with van der Waals surface area (Å²) in [4.78, 5) is 15.9. The molecule has 0 radical (unpaired) electrons. The van der Waals surface area contributed by atoms with Crippen LogP contribution in [0.5, 0.6) is 0 Å². The first-order valence-corrected chi connectivity index (χ1v) is 9.42. The lowest BCUT2D eigenvalue weighted by Gasteiger charge is -2.19. The zero-order valence-corrected chi connectivity index (χ0v) is 15.6. The lowest BCUT2D eigenvalue weighted by molar-refractivity contribution is 0.751. The molecule has 7 nitrogen and oxygen atoms in total. The van der Waals surface area contributed by atoms with Gasteiger partial charge in [-0.2, -0.15) is 5.10 Å². The number of nitrogens with one attached hydrogen (secondary N) is 1. The summed E-state index contributed by atoms with van der Waals surface area (Å²) in [5.41, 5.74) is 11.6. The lowest BCUT2D eigenvalue weighted by Crippen LogP contribution is -2.27. The first-order valence-electron chi connectivity index (χ1n) is 9.42. The maximum absolute atomic E-state index is 6.09. The zero-order valence-electron chi connectivity index (χ0n) is 15.6. The minimum Gasteiger partial charge on any atom is -0.355 e. The van der Waals surface area contributed by atoms with Crippen LogP contribution in [-0.2, 0) is 0 Å². The number of aryl methyl sites for hydroxylation is 1. The van der Waals surface area contributed by atoms with E-state index in [-0.39, 0.29) is 6.04 Å². The number of rotatable bonds is 3. The molecule has 4 aromatic rings. The molecule has 28 heavy (non-hydrogen) atoms. The Labute approximate surface area is 162 Å². The van der Waals surface area contributed by atoms with E-state index in [0.717, 1.165) is 64.4 Å². The van der Waals surface area contributed by atoms with Crippen LogP contribution in [0.2, 0.25) is 0 Å². The van der Waals surface area contributed by atoms with Crippen molar-refractivity contribution in [2.45, 2.75) is 19.4 Å². The second-order valence-corrected chi connectivity index (χ2v) is 7.26. The molecule has 5 rings (SSSR count). The molecule has 0 aromatic carbocycles. The Kier molecular flexibility index (Phi) is 4.02. The molecule has 7 heteroatoms. The normalized spacial score (nSPS) is 16.8. The van der Waals surface area contributed by atoms with Crippen molar-refractivity contribution >= 4 is 16.7 Å². The van der Waals surface area contributed by atoms with Gasteiger partial charge in [-0.25, -0.2) is 4.98 Å². The molecular formula is C21H21N7. The molecule has 1 atom stereocenters. The second kappa shape index (κ2) is 6.69. The van der Waals surface area contributed by atoms with Crippen LogP contribution in [0.3, 0.4) is 0 Å². The summed E-state index contributed by atoms with van der Waals surface area (Å²) in [6.45, 7) is 3.87. The number of nitrogens with two attached hydrogens (primary N) is 1. The highest BCUT2D eigenvalue weighted by Gasteiger charge is 2.22. The number of nitrogens with zero attached hydrogens (tertiary/aromatic N) is 5. The topological polar surface area (TPSA) is 96.6 Å². The Balaban J connectivity index is 1.59. The van der Waals surface area contributed by atoms with E-state index < -0.39 is 0 Å². The Hall–Kier alpha value is -3.32. The number of aromatic amines is 1. The second-order valence-electron chi connectivity index (χ2n) is 7.26. The third kappa shape index (κ3) is 2.90. The van der Waals surface area contributed by atoms with Crippen LogP contribution < -0.4 is 10.6 Å². The lowest BCUT2D eigenvalue weighted by atomic mass is 10.1. The summed E-state index contributed by atoms with van der Waals surface area (Å²) < 4.78 is 0. The van der Waals surface area contributed by atoms with Gasteiger partial charge in [-0.1, -0.05) is 6.07 Å². The molecule has 0 bridgehead atoms. The Bertz CT molecular complexity index is 1140. The molecule has 3 N–H and O–H groups in total. The molecule has 0 unspecified atom stereocenters. The number of anilines is 1. The standard InChI is InChI=1S/C21H21N7/c1-13-4-5-17(25-21(13)28-8-6-15(22)12-28)20-16-9-18(14-3-2-7-23-10-14)24-11-19(16)26-27-20/h2-5,7,9-11,15H,6,8,12,22H2,1H3,(H,26,27)/t15-/m1/s1. The summed E-state index contributed by atoms with van der Waals surface area (Å²) in [5.74, 6) is 0.989. The third-order valence-electron chi connectivity index (χ3n) is 5.24. The molecule has 1 fully saturated rings. The first kappa shape index (κ1) is 16.8. The van der Waals surface area contributed by atoms with Crippen LogP contribution in [-0.4, -0.2) is 44.3 Å². The maximum Gasteiger partial charge on any atom is 0.132 e. The maximum atomic E-state index is 6.09. The number of fused-ring (bicyclic) bond motifs is 1. The fourth-order valence-corrected chi connectivity index (χ4v) is 3.73. The van der Waals surface area contributed by atoms with Crippen LogP contribution in [0.15, 0.2) is 48.9 Å². The summed E-state index contributed by atoms with van der Waals surface area (Å²) >= 11 is 0. The molecular weight excluding hydrogens is 350 g/mol. The van der Waals surface area contributed by atoms with Crippen molar-refractivity contribution in [3.8, 4) is 22.6 Å². The molecule has 0 aliphatic carbocycles. The van der Waals surface area contributed by atoms with E-state index in [1.54, 1.807) is 6.20 Å². The van der Waals surface area contributed by atoms with E-state index in [1.807, 2.05) is 36.7 Å². The van der Waals surface area contributed by atoms with Crippen molar-refractivity contribution in [2.24, 2.45) is 5.73 Å². The predicted octanol–water partition coefficient (Wildman–Crippen LogP) is 2.93. The molecule has 0 saturated carbocycles. The Morgan fingerprint density at radius 1 is 1.18 bits per heavy atom. The van der Waals surface area contributed by atoms with Crippen molar-refractivity contribution in [3.05, 3.63) is 54.5 Å². The fraction of sp³-hybridized carbons (Fsp3) is 0.238. The van der Waals surface area contributed by atoms with Crippen LogP contribution in [0, 0.1) is 6.92 Å². The first-order chi connectivity index (χ1) is 13.7. The fourth-order valence-electron chi connectivity index (χ4n) is 3.73. The smallest absolute Gasteiger partial charge is 0.132 e. The Morgan fingerprint density at radius 3 is 2.89 bits per heavy atom. The summed E-state index contributed by atoms with van der Waals surface area (Å²) in [6, 6.07) is 10.3. The number of pyridine rings is 3. The van der Waals surface area contributed by atoms with Crippen molar-refractivity contribution in [3.63, 3.8) is 0 Å². The van der Waals surface area contributed by atoms with Gasteiger partial charge in [-0.05, 0) is 43.2 Å². The quantitative estimate of drug-likeness (QED) is 0.575. The summed E-state index contributed by atoms with van der Waals surface area (Å²) in [5, 5.41) is 8.60. The number of aromatic nitrogens is 5. The zero-order chi connectivity index (χ0) is 19.1. The molecule has 1 saturated heterocycles. The number of hydrogen-bond acceptors (Lipinski definition) is 6. The molecule has 4 aromatic heterocycles. The van der Waals surface area contributed by atoms with Gasteiger partial charge in [0.05, 0.1) is 23.1 Å².